The highest BCUT2D eigenvalue weighted by atomic mass is 16.5. The molecule has 1 heterocycles. The maximum Gasteiger partial charge on any atom is 0.222 e. The lowest BCUT2D eigenvalue weighted by Crippen LogP contribution is -2.48. The monoisotopic (exact) mass is 352 g/mol. The number of rotatable bonds is 6. The van der Waals surface area contributed by atoms with E-state index in [0.29, 0.717) is 6.42 Å². The van der Waals surface area contributed by atoms with Crippen LogP contribution in [0.25, 0.3) is 0 Å². The van der Waals surface area contributed by atoms with Gasteiger partial charge >= 0.3 is 0 Å². The maximum absolute atomic E-state index is 12.5. The van der Waals surface area contributed by atoms with Gasteiger partial charge in [-0.2, -0.15) is 0 Å². The van der Waals surface area contributed by atoms with Gasteiger partial charge in [-0.25, -0.2) is 0 Å². The maximum atomic E-state index is 12.5. The Labute approximate surface area is 156 Å². The van der Waals surface area contributed by atoms with Crippen molar-refractivity contribution in [1.29, 1.82) is 0 Å². The van der Waals surface area contributed by atoms with Crippen LogP contribution < -0.4 is 4.74 Å². The SMILES string of the molecule is COc1ccc(CCC(=O)N2CCN(Cc3cccc(C)c3)CC2)cc1. The molecule has 0 spiro atoms. The molecule has 1 saturated heterocycles. The van der Waals surface area contributed by atoms with Crippen molar-refractivity contribution < 1.29 is 9.53 Å². The molecule has 0 atom stereocenters. The normalized spacial score (nSPS) is 15.1. The van der Waals surface area contributed by atoms with Gasteiger partial charge in [-0.3, -0.25) is 9.69 Å². The zero-order valence-corrected chi connectivity index (χ0v) is 15.8. The molecular weight excluding hydrogens is 324 g/mol. The molecule has 4 nitrogen and oxygen atoms in total. The van der Waals surface area contributed by atoms with E-state index >= 15 is 0 Å². The van der Waals surface area contributed by atoms with Crippen LogP contribution in [0.4, 0.5) is 0 Å². The highest BCUT2D eigenvalue weighted by molar-refractivity contribution is 5.76. The van der Waals surface area contributed by atoms with Gasteiger partial charge in [-0.1, -0.05) is 42.0 Å². The number of piperazine rings is 1. The van der Waals surface area contributed by atoms with Gasteiger partial charge in [0, 0.05) is 39.1 Å². The van der Waals surface area contributed by atoms with Gasteiger partial charge < -0.3 is 9.64 Å². The number of ether oxygens (including phenoxy) is 1. The molecule has 3 rings (SSSR count). The van der Waals surface area contributed by atoms with E-state index in [9.17, 15) is 4.79 Å². The molecule has 0 saturated carbocycles. The number of methoxy groups -OCH3 is 1. The molecule has 1 amide bonds. The van der Waals surface area contributed by atoms with Gasteiger partial charge in [-0.05, 0) is 36.6 Å². The zero-order valence-electron chi connectivity index (χ0n) is 15.8. The minimum absolute atomic E-state index is 0.260. The fraction of sp³-hybridized carbons (Fsp3) is 0.409. The molecule has 0 aliphatic carbocycles. The van der Waals surface area contributed by atoms with E-state index in [4.69, 9.17) is 4.74 Å². The molecule has 0 radical (unpaired) electrons. The number of hydrogen-bond acceptors (Lipinski definition) is 3. The lowest BCUT2D eigenvalue weighted by molar-refractivity contribution is -0.133. The van der Waals surface area contributed by atoms with Crippen molar-refractivity contribution in [3.8, 4) is 5.75 Å². The van der Waals surface area contributed by atoms with E-state index in [1.807, 2.05) is 29.2 Å². The topological polar surface area (TPSA) is 32.8 Å². The second kappa shape index (κ2) is 8.86. The summed E-state index contributed by atoms with van der Waals surface area (Å²) < 4.78 is 5.17. The van der Waals surface area contributed by atoms with Gasteiger partial charge in [0.25, 0.3) is 0 Å². The first kappa shape index (κ1) is 18.5. The Bertz CT molecular complexity index is 719. The molecule has 138 valence electrons. The van der Waals surface area contributed by atoms with Gasteiger partial charge in [0.15, 0.2) is 0 Å². The second-order valence-electron chi connectivity index (χ2n) is 6.99. The lowest BCUT2D eigenvalue weighted by Gasteiger charge is -2.35. The van der Waals surface area contributed by atoms with Gasteiger partial charge in [0.2, 0.25) is 5.91 Å². The molecule has 2 aromatic rings. The summed E-state index contributed by atoms with van der Waals surface area (Å²) in [5.41, 5.74) is 3.83. The molecule has 26 heavy (non-hydrogen) atoms. The number of aryl methyl sites for hydroxylation is 2. The van der Waals surface area contributed by atoms with Crippen LogP contribution in [0.15, 0.2) is 48.5 Å². The largest absolute Gasteiger partial charge is 0.497 e. The van der Waals surface area contributed by atoms with Gasteiger partial charge in [0.05, 0.1) is 7.11 Å². The molecule has 0 N–H and O–H groups in total. The summed E-state index contributed by atoms with van der Waals surface area (Å²) >= 11 is 0. The number of benzene rings is 2. The van der Waals surface area contributed by atoms with Crippen LogP contribution in [0.3, 0.4) is 0 Å². The molecule has 0 bridgehead atoms. The average molecular weight is 352 g/mol. The standard InChI is InChI=1S/C22H28N2O2/c1-18-4-3-5-20(16-18)17-23-12-14-24(15-13-23)22(25)11-8-19-6-9-21(26-2)10-7-19/h3-7,9-10,16H,8,11-15,17H2,1-2H3. The van der Waals surface area contributed by atoms with Crippen molar-refractivity contribution in [3.05, 3.63) is 65.2 Å². The van der Waals surface area contributed by atoms with Crippen molar-refractivity contribution in [2.45, 2.75) is 26.3 Å². The van der Waals surface area contributed by atoms with E-state index in [0.717, 1.165) is 44.9 Å². The third-order valence-electron chi connectivity index (χ3n) is 5.00. The smallest absolute Gasteiger partial charge is 0.222 e. The first-order valence-electron chi connectivity index (χ1n) is 9.32. The number of carbonyl (C=O) groups excluding carboxylic acids is 1. The predicted molar refractivity (Wildman–Crippen MR) is 104 cm³/mol. The molecule has 0 unspecified atom stereocenters. The average Bonchev–Trinajstić information content (AvgIpc) is 2.67. The number of amides is 1. The summed E-state index contributed by atoms with van der Waals surface area (Å²) in [4.78, 5) is 16.9. The molecule has 1 fully saturated rings. The van der Waals surface area contributed by atoms with Crippen LogP contribution >= 0.6 is 0 Å². The first-order valence-corrected chi connectivity index (χ1v) is 9.32. The third kappa shape index (κ3) is 5.09. The van der Waals surface area contributed by atoms with E-state index in [1.54, 1.807) is 7.11 Å². The van der Waals surface area contributed by atoms with Crippen molar-refractivity contribution in [3.63, 3.8) is 0 Å². The van der Waals surface area contributed by atoms with Crippen LogP contribution in [0.2, 0.25) is 0 Å². The van der Waals surface area contributed by atoms with Crippen molar-refractivity contribution in [2.75, 3.05) is 33.3 Å². The Kier molecular flexibility index (Phi) is 6.29. The quantitative estimate of drug-likeness (QED) is 0.800. The molecule has 1 aliphatic rings. The van der Waals surface area contributed by atoms with Crippen LogP contribution in [-0.2, 0) is 17.8 Å². The number of nitrogens with zero attached hydrogens (tertiary/aromatic N) is 2. The Hall–Kier alpha value is -2.33. The van der Waals surface area contributed by atoms with Crippen molar-refractivity contribution >= 4 is 5.91 Å². The summed E-state index contributed by atoms with van der Waals surface area (Å²) in [5.74, 6) is 1.11. The molecule has 2 aromatic carbocycles. The Morgan fingerprint density at radius 1 is 1.00 bits per heavy atom. The van der Waals surface area contributed by atoms with E-state index in [-0.39, 0.29) is 5.91 Å². The van der Waals surface area contributed by atoms with E-state index in [2.05, 4.69) is 36.1 Å². The summed E-state index contributed by atoms with van der Waals surface area (Å²) in [5, 5.41) is 0. The lowest BCUT2D eigenvalue weighted by atomic mass is 10.1. The number of carbonyl (C=O) groups is 1. The summed E-state index contributed by atoms with van der Waals surface area (Å²) in [6.45, 7) is 6.64. The second-order valence-corrected chi connectivity index (χ2v) is 6.99. The van der Waals surface area contributed by atoms with E-state index in [1.165, 1.54) is 16.7 Å². The van der Waals surface area contributed by atoms with E-state index < -0.39 is 0 Å². The Balaban J connectivity index is 1.42. The Morgan fingerprint density at radius 2 is 1.73 bits per heavy atom. The summed E-state index contributed by atoms with van der Waals surface area (Å²) in [6, 6.07) is 16.6. The van der Waals surface area contributed by atoms with Crippen molar-refractivity contribution in [1.82, 2.24) is 9.80 Å². The molecule has 4 heteroatoms. The fourth-order valence-electron chi connectivity index (χ4n) is 3.43. The minimum atomic E-state index is 0.260. The zero-order chi connectivity index (χ0) is 18.4. The van der Waals surface area contributed by atoms with Gasteiger partial charge in [-0.15, -0.1) is 0 Å². The summed E-state index contributed by atoms with van der Waals surface area (Å²) in [7, 11) is 1.66. The fourth-order valence-corrected chi connectivity index (χ4v) is 3.43. The highest BCUT2D eigenvalue weighted by Gasteiger charge is 2.20. The summed E-state index contributed by atoms with van der Waals surface area (Å²) in [6.07, 6.45) is 1.36. The van der Waals surface area contributed by atoms with Crippen molar-refractivity contribution in [2.24, 2.45) is 0 Å². The molecular formula is C22H28N2O2. The molecule has 0 aromatic heterocycles. The Morgan fingerprint density at radius 3 is 2.38 bits per heavy atom. The van der Waals surface area contributed by atoms with Crippen LogP contribution in [0.5, 0.6) is 5.75 Å². The van der Waals surface area contributed by atoms with Crippen LogP contribution in [-0.4, -0.2) is 49.0 Å². The molecule has 1 aliphatic heterocycles. The van der Waals surface area contributed by atoms with Gasteiger partial charge in [0.1, 0.15) is 5.75 Å². The van der Waals surface area contributed by atoms with Crippen LogP contribution in [0, 0.1) is 6.92 Å². The third-order valence-corrected chi connectivity index (χ3v) is 5.00. The first-order chi connectivity index (χ1) is 12.6. The number of hydrogen-bond donors (Lipinski definition) is 0. The minimum Gasteiger partial charge on any atom is -0.497 e. The predicted octanol–water partition coefficient (Wildman–Crippen LogP) is 3.28. The highest BCUT2D eigenvalue weighted by Crippen LogP contribution is 2.14. The van der Waals surface area contributed by atoms with Crippen LogP contribution in [0.1, 0.15) is 23.1 Å².